The van der Waals surface area contributed by atoms with Crippen LogP contribution in [0.1, 0.15) is 6.92 Å². The zero-order valence-corrected chi connectivity index (χ0v) is 17.5. The molecule has 2 heterocycles. The van der Waals surface area contributed by atoms with E-state index in [4.69, 9.17) is 18.6 Å². The number of phenols is 2. The number of hydrogen-bond donors (Lipinski definition) is 6. The first-order chi connectivity index (χ1) is 15.6. The lowest BCUT2D eigenvalue weighted by Crippen LogP contribution is -2.58. The van der Waals surface area contributed by atoms with E-state index in [0.717, 1.165) is 6.07 Å². The number of aromatic hydroxyl groups is 3. The van der Waals surface area contributed by atoms with Gasteiger partial charge in [0, 0.05) is 17.7 Å². The van der Waals surface area contributed by atoms with Gasteiger partial charge in [-0.05, 0) is 25.1 Å². The number of fused-ring (bicyclic) bond motifs is 1. The van der Waals surface area contributed by atoms with Gasteiger partial charge in [-0.1, -0.05) is 0 Å². The average Bonchev–Trinajstić information content (AvgIpc) is 2.78. The molecule has 6 N–H and O–H groups in total. The minimum atomic E-state index is -1.60. The minimum Gasteiger partial charge on any atom is -0.507 e. The average molecular weight is 462 g/mol. The number of aliphatic hydroxyl groups is 3. The first-order valence-electron chi connectivity index (χ1n) is 9.88. The van der Waals surface area contributed by atoms with Crippen molar-refractivity contribution in [3.05, 3.63) is 40.6 Å². The van der Waals surface area contributed by atoms with Crippen molar-refractivity contribution >= 4 is 11.0 Å². The van der Waals surface area contributed by atoms with Crippen LogP contribution in [0.15, 0.2) is 39.5 Å². The van der Waals surface area contributed by atoms with Gasteiger partial charge in [0.25, 0.3) is 0 Å². The lowest BCUT2D eigenvalue weighted by molar-refractivity contribution is -0.268. The van der Waals surface area contributed by atoms with E-state index >= 15 is 0 Å². The van der Waals surface area contributed by atoms with Gasteiger partial charge in [-0.25, -0.2) is 0 Å². The van der Waals surface area contributed by atoms with Gasteiger partial charge in [-0.15, -0.1) is 0 Å². The van der Waals surface area contributed by atoms with Crippen LogP contribution in [0, 0.1) is 0 Å². The molecule has 0 aliphatic carbocycles. The van der Waals surface area contributed by atoms with Crippen LogP contribution in [0.25, 0.3) is 22.3 Å². The van der Waals surface area contributed by atoms with E-state index in [0.29, 0.717) is 0 Å². The molecule has 0 bridgehead atoms. The molecule has 0 amide bonds. The maximum absolute atomic E-state index is 12.7. The van der Waals surface area contributed by atoms with Crippen LogP contribution in [0.3, 0.4) is 0 Å². The van der Waals surface area contributed by atoms with E-state index in [-0.39, 0.29) is 39.5 Å². The van der Waals surface area contributed by atoms with Crippen LogP contribution < -0.4 is 14.9 Å². The molecular formula is C22H22O11. The summed E-state index contributed by atoms with van der Waals surface area (Å²) in [6.45, 7) is 1.48. The fourth-order valence-corrected chi connectivity index (χ4v) is 3.59. The summed E-state index contributed by atoms with van der Waals surface area (Å²) < 4.78 is 21.6. The number of phenolic OH excluding ortho intramolecular Hbond substituents is 2. The molecule has 0 radical (unpaired) electrons. The number of rotatable bonds is 4. The third-order valence-electron chi connectivity index (χ3n) is 5.43. The number of ether oxygens (including phenoxy) is 3. The molecule has 11 heteroatoms. The first kappa shape index (κ1) is 22.7. The Morgan fingerprint density at radius 2 is 1.67 bits per heavy atom. The molecule has 0 spiro atoms. The zero-order valence-electron chi connectivity index (χ0n) is 17.5. The van der Waals surface area contributed by atoms with Crippen molar-refractivity contribution in [2.45, 2.75) is 37.6 Å². The zero-order chi connectivity index (χ0) is 24.0. The molecule has 1 fully saturated rings. The normalized spacial score (nSPS) is 25.2. The molecule has 0 unspecified atom stereocenters. The van der Waals surface area contributed by atoms with Crippen LogP contribution in [0.4, 0.5) is 0 Å². The summed E-state index contributed by atoms with van der Waals surface area (Å²) in [6, 6.07) is 6.31. The lowest BCUT2D eigenvalue weighted by atomic mass is 10.00. The van der Waals surface area contributed by atoms with Crippen molar-refractivity contribution in [3.63, 3.8) is 0 Å². The Labute approximate surface area is 186 Å². The van der Waals surface area contributed by atoms with Gasteiger partial charge in [-0.2, -0.15) is 0 Å². The van der Waals surface area contributed by atoms with Crippen molar-refractivity contribution in [1.29, 1.82) is 0 Å². The molecule has 33 heavy (non-hydrogen) atoms. The SMILES string of the molecule is COc1cc(-c2oc3cc(O[C@H]4O[C@H](C)[C@@H](O)[C@H](O)[C@@H]4O)cc(O)c3c(=O)c2O)ccc1O. The minimum absolute atomic E-state index is 0.0767. The Morgan fingerprint density at radius 1 is 0.939 bits per heavy atom. The fraction of sp³-hybridized carbons (Fsp3) is 0.318. The van der Waals surface area contributed by atoms with Crippen LogP contribution in [-0.2, 0) is 4.74 Å². The molecule has 1 aliphatic heterocycles. The first-order valence-corrected chi connectivity index (χ1v) is 9.88. The quantitative estimate of drug-likeness (QED) is 0.323. The molecule has 3 aromatic rings. The molecule has 1 saturated heterocycles. The highest BCUT2D eigenvalue weighted by Crippen LogP contribution is 2.38. The van der Waals surface area contributed by atoms with Gasteiger partial charge in [-0.3, -0.25) is 4.79 Å². The monoisotopic (exact) mass is 462 g/mol. The summed E-state index contributed by atoms with van der Waals surface area (Å²) in [6.07, 6.45) is -6.69. The summed E-state index contributed by atoms with van der Waals surface area (Å²) in [5.74, 6) is -1.75. The van der Waals surface area contributed by atoms with E-state index in [2.05, 4.69) is 0 Å². The molecule has 11 nitrogen and oxygen atoms in total. The van der Waals surface area contributed by atoms with Crippen LogP contribution in [0.5, 0.6) is 28.7 Å². The van der Waals surface area contributed by atoms with E-state index < -0.39 is 47.6 Å². The highest BCUT2D eigenvalue weighted by Gasteiger charge is 2.43. The van der Waals surface area contributed by atoms with Crippen molar-refractivity contribution in [3.8, 4) is 40.1 Å². The van der Waals surface area contributed by atoms with E-state index in [1.807, 2.05) is 0 Å². The van der Waals surface area contributed by atoms with Crippen molar-refractivity contribution in [2.75, 3.05) is 7.11 Å². The third kappa shape index (κ3) is 3.91. The van der Waals surface area contributed by atoms with Crippen LogP contribution in [0.2, 0.25) is 0 Å². The molecule has 1 aromatic heterocycles. The topological polar surface area (TPSA) is 179 Å². The number of aliphatic hydroxyl groups excluding tert-OH is 3. The van der Waals surface area contributed by atoms with Crippen LogP contribution >= 0.6 is 0 Å². The summed E-state index contributed by atoms with van der Waals surface area (Å²) in [4.78, 5) is 12.7. The molecule has 176 valence electrons. The van der Waals surface area contributed by atoms with Gasteiger partial charge in [0.05, 0.1) is 13.2 Å². The van der Waals surface area contributed by atoms with Crippen molar-refractivity contribution < 1.29 is 49.3 Å². The number of hydrogen-bond acceptors (Lipinski definition) is 11. The second kappa shape index (κ2) is 8.45. The van der Waals surface area contributed by atoms with Gasteiger partial charge in [0.15, 0.2) is 17.3 Å². The lowest BCUT2D eigenvalue weighted by Gasteiger charge is -2.38. The molecular weight excluding hydrogens is 440 g/mol. The molecule has 4 rings (SSSR count). The summed E-state index contributed by atoms with van der Waals surface area (Å²) in [5, 5.41) is 60.2. The predicted octanol–water partition coefficient (Wildman–Crippen LogP) is 0.792. The van der Waals surface area contributed by atoms with E-state index in [9.17, 15) is 35.4 Å². The number of methoxy groups -OCH3 is 1. The largest absolute Gasteiger partial charge is 0.507 e. The summed E-state index contributed by atoms with van der Waals surface area (Å²) >= 11 is 0. The van der Waals surface area contributed by atoms with E-state index in [1.165, 1.54) is 38.3 Å². The molecule has 2 aromatic carbocycles. The van der Waals surface area contributed by atoms with Crippen molar-refractivity contribution in [2.24, 2.45) is 0 Å². The maximum atomic E-state index is 12.7. The Bertz CT molecular complexity index is 1250. The molecule has 5 atom stereocenters. The second-order valence-electron chi connectivity index (χ2n) is 7.61. The van der Waals surface area contributed by atoms with Gasteiger partial charge >= 0.3 is 0 Å². The Hall–Kier alpha value is -3.51. The van der Waals surface area contributed by atoms with Crippen LogP contribution in [-0.4, -0.2) is 68.5 Å². The Kier molecular flexibility index (Phi) is 5.80. The number of benzene rings is 2. The van der Waals surface area contributed by atoms with E-state index in [1.54, 1.807) is 0 Å². The highest BCUT2D eigenvalue weighted by molar-refractivity contribution is 5.88. The third-order valence-corrected chi connectivity index (χ3v) is 5.43. The van der Waals surface area contributed by atoms with Gasteiger partial charge < -0.3 is 49.3 Å². The second-order valence-corrected chi connectivity index (χ2v) is 7.61. The van der Waals surface area contributed by atoms with Gasteiger partial charge in [0.2, 0.25) is 17.5 Å². The Balaban J connectivity index is 1.78. The summed E-state index contributed by atoms with van der Waals surface area (Å²) in [5.41, 5.74) is -0.860. The standard InChI is InChI=1S/C22H22O11/c1-8-16(25)18(27)20(29)22(31-8)32-10-6-12(24)15-14(7-10)33-21(19(28)17(15)26)9-3-4-11(23)13(5-9)30-2/h3-8,16,18,20,22-25,27-29H,1-2H3/t8-,16-,18+,20+,22-/m1/s1. The fourth-order valence-electron chi connectivity index (χ4n) is 3.59. The maximum Gasteiger partial charge on any atom is 0.238 e. The van der Waals surface area contributed by atoms with Crippen molar-refractivity contribution in [1.82, 2.24) is 0 Å². The summed E-state index contributed by atoms with van der Waals surface area (Å²) in [7, 11) is 1.33. The highest BCUT2D eigenvalue weighted by atomic mass is 16.7. The predicted molar refractivity (Wildman–Crippen MR) is 112 cm³/mol. The Morgan fingerprint density at radius 3 is 2.36 bits per heavy atom. The smallest absolute Gasteiger partial charge is 0.238 e. The van der Waals surface area contributed by atoms with Gasteiger partial charge in [0.1, 0.15) is 40.8 Å². The molecule has 1 aliphatic rings. The molecule has 0 saturated carbocycles.